The molecule has 3 nitrogen and oxygen atoms in total. The summed E-state index contributed by atoms with van der Waals surface area (Å²) < 4.78 is 2.18. The van der Waals surface area contributed by atoms with Crippen molar-refractivity contribution in [1.29, 1.82) is 0 Å². The second-order valence-electron chi connectivity index (χ2n) is 5.36. The molecule has 18 heavy (non-hydrogen) atoms. The van der Waals surface area contributed by atoms with Crippen LogP contribution >= 0.6 is 0 Å². The third-order valence-electron chi connectivity index (χ3n) is 3.89. The SMILES string of the molecule is CCNC(CCC1CC1)c1cc(CC)nn1CC. The number of aryl methyl sites for hydroxylation is 2. The Bertz CT molecular complexity index is 366. The van der Waals surface area contributed by atoms with E-state index in [1.807, 2.05) is 0 Å². The van der Waals surface area contributed by atoms with Crippen molar-refractivity contribution in [3.05, 3.63) is 17.5 Å². The van der Waals surface area contributed by atoms with E-state index >= 15 is 0 Å². The number of nitrogens with zero attached hydrogens (tertiary/aromatic N) is 2. The second kappa shape index (κ2) is 6.37. The molecule has 0 aliphatic heterocycles. The largest absolute Gasteiger partial charge is 0.309 e. The average molecular weight is 249 g/mol. The highest BCUT2D eigenvalue weighted by molar-refractivity contribution is 5.14. The van der Waals surface area contributed by atoms with Crippen LogP contribution in [0.4, 0.5) is 0 Å². The van der Waals surface area contributed by atoms with Gasteiger partial charge < -0.3 is 5.32 Å². The summed E-state index contributed by atoms with van der Waals surface area (Å²) in [6.45, 7) is 8.56. The van der Waals surface area contributed by atoms with Crippen molar-refractivity contribution < 1.29 is 0 Å². The van der Waals surface area contributed by atoms with Crippen LogP contribution in [-0.2, 0) is 13.0 Å². The molecule has 1 aliphatic carbocycles. The first-order valence-electron chi connectivity index (χ1n) is 7.58. The van der Waals surface area contributed by atoms with Gasteiger partial charge in [-0.05, 0) is 44.7 Å². The first-order chi connectivity index (χ1) is 8.78. The molecule has 0 amide bonds. The zero-order valence-electron chi connectivity index (χ0n) is 12.1. The molecule has 2 rings (SSSR count). The maximum Gasteiger partial charge on any atom is 0.0625 e. The van der Waals surface area contributed by atoms with E-state index in [1.165, 1.54) is 37.1 Å². The van der Waals surface area contributed by atoms with E-state index in [2.05, 4.69) is 41.9 Å². The molecular formula is C15H27N3. The van der Waals surface area contributed by atoms with Gasteiger partial charge in [0.25, 0.3) is 0 Å². The van der Waals surface area contributed by atoms with E-state index in [1.54, 1.807) is 0 Å². The Morgan fingerprint density at radius 3 is 2.72 bits per heavy atom. The summed E-state index contributed by atoms with van der Waals surface area (Å²) >= 11 is 0. The lowest BCUT2D eigenvalue weighted by Gasteiger charge is -2.18. The quantitative estimate of drug-likeness (QED) is 0.766. The molecule has 3 heteroatoms. The van der Waals surface area contributed by atoms with Gasteiger partial charge in [0.2, 0.25) is 0 Å². The number of hydrogen-bond donors (Lipinski definition) is 1. The van der Waals surface area contributed by atoms with Gasteiger partial charge in [-0.1, -0.05) is 26.7 Å². The van der Waals surface area contributed by atoms with Gasteiger partial charge in [0.1, 0.15) is 0 Å². The van der Waals surface area contributed by atoms with Crippen LogP contribution in [0.3, 0.4) is 0 Å². The lowest BCUT2D eigenvalue weighted by atomic mass is 10.0. The number of rotatable bonds is 8. The number of aromatic nitrogens is 2. The minimum Gasteiger partial charge on any atom is -0.309 e. The van der Waals surface area contributed by atoms with Crippen molar-refractivity contribution >= 4 is 0 Å². The molecule has 1 aliphatic rings. The predicted octanol–water partition coefficient (Wildman–Crippen LogP) is 3.31. The summed E-state index contributed by atoms with van der Waals surface area (Å²) in [5.74, 6) is 1.01. The molecule has 0 saturated heterocycles. The maximum atomic E-state index is 4.67. The predicted molar refractivity (Wildman–Crippen MR) is 75.7 cm³/mol. The minimum absolute atomic E-state index is 0.489. The van der Waals surface area contributed by atoms with Crippen LogP contribution in [0.15, 0.2) is 6.07 Å². The molecule has 1 aromatic heterocycles. The van der Waals surface area contributed by atoms with Gasteiger partial charge in [-0.3, -0.25) is 4.68 Å². The molecule has 0 bridgehead atoms. The summed E-state index contributed by atoms with van der Waals surface area (Å²) in [7, 11) is 0. The summed E-state index contributed by atoms with van der Waals surface area (Å²) in [5, 5.41) is 8.30. The van der Waals surface area contributed by atoms with Gasteiger partial charge >= 0.3 is 0 Å². The van der Waals surface area contributed by atoms with Crippen LogP contribution in [0.1, 0.15) is 63.9 Å². The van der Waals surface area contributed by atoms with Gasteiger partial charge in [-0.2, -0.15) is 5.10 Å². The average Bonchev–Trinajstić information content (AvgIpc) is 3.12. The summed E-state index contributed by atoms with van der Waals surface area (Å²) in [4.78, 5) is 0. The van der Waals surface area contributed by atoms with Crippen LogP contribution in [-0.4, -0.2) is 16.3 Å². The van der Waals surface area contributed by atoms with E-state index in [-0.39, 0.29) is 0 Å². The standard InChI is InChI=1S/C15H27N3/c1-4-13-11-15(18(6-3)17-13)14(16-5-2)10-9-12-7-8-12/h11-12,14,16H,4-10H2,1-3H3. The minimum atomic E-state index is 0.489. The Kier molecular flexibility index (Phi) is 4.81. The molecule has 1 fully saturated rings. The fourth-order valence-corrected chi connectivity index (χ4v) is 2.60. The zero-order chi connectivity index (χ0) is 13.0. The lowest BCUT2D eigenvalue weighted by Crippen LogP contribution is -2.24. The topological polar surface area (TPSA) is 29.9 Å². The summed E-state index contributed by atoms with van der Waals surface area (Å²) in [5.41, 5.74) is 2.61. The Balaban J connectivity index is 2.08. The van der Waals surface area contributed by atoms with Gasteiger partial charge in [-0.15, -0.1) is 0 Å². The fourth-order valence-electron chi connectivity index (χ4n) is 2.60. The van der Waals surface area contributed by atoms with Crippen molar-refractivity contribution in [2.75, 3.05) is 6.54 Å². The van der Waals surface area contributed by atoms with E-state index in [0.717, 1.165) is 25.4 Å². The van der Waals surface area contributed by atoms with E-state index in [0.29, 0.717) is 6.04 Å². The highest BCUT2D eigenvalue weighted by Gasteiger charge is 2.24. The van der Waals surface area contributed by atoms with Crippen molar-refractivity contribution in [2.45, 2.75) is 65.5 Å². The van der Waals surface area contributed by atoms with Gasteiger partial charge in [0, 0.05) is 12.6 Å². The third kappa shape index (κ3) is 3.35. The maximum absolute atomic E-state index is 4.67. The molecule has 1 aromatic rings. The molecular weight excluding hydrogens is 222 g/mol. The molecule has 0 aromatic carbocycles. The summed E-state index contributed by atoms with van der Waals surface area (Å²) in [6.07, 6.45) is 6.56. The second-order valence-corrected chi connectivity index (χ2v) is 5.36. The smallest absolute Gasteiger partial charge is 0.0625 e. The Labute approximate surface area is 111 Å². The van der Waals surface area contributed by atoms with Gasteiger partial charge in [0.05, 0.1) is 11.4 Å². The van der Waals surface area contributed by atoms with Gasteiger partial charge in [0.15, 0.2) is 0 Å². The van der Waals surface area contributed by atoms with Crippen molar-refractivity contribution in [3.8, 4) is 0 Å². The molecule has 0 radical (unpaired) electrons. The van der Waals surface area contributed by atoms with Gasteiger partial charge in [-0.25, -0.2) is 0 Å². The molecule has 1 heterocycles. The van der Waals surface area contributed by atoms with E-state index in [4.69, 9.17) is 0 Å². The first kappa shape index (κ1) is 13.6. The Hall–Kier alpha value is -0.830. The number of nitrogens with one attached hydrogen (secondary N) is 1. The lowest BCUT2D eigenvalue weighted by molar-refractivity contribution is 0.444. The molecule has 0 spiro atoms. The van der Waals surface area contributed by atoms with E-state index < -0.39 is 0 Å². The highest BCUT2D eigenvalue weighted by Crippen LogP contribution is 2.36. The number of hydrogen-bond acceptors (Lipinski definition) is 2. The van der Waals surface area contributed by atoms with Crippen LogP contribution in [0.25, 0.3) is 0 Å². The summed E-state index contributed by atoms with van der Waals surface area (Å²) in [6, 6.07) is 2.78. The molecule has 1 atom stereocenters. The Morgan fingerprint density at radius 2 is 2.17 bits per heavy atom. The Morgan fingerprint density at radius 1 is 1.39 bits per heavy atom. The third-order valence-corrected chi connectivity index (χ3v) is 3.89. The van der Waals surface area contributed by atoms with E-state index in [9.17, 15) is 0 Å². The normalized spacial score (nSPS) is 17.1. The fraction of sp³-hybridized carbons (Fsp3) is 0.800. The molecule has 1 saturated carbocycles. The monoisotopic (exact) mass is 249 g/mol. The van der Waals surface area contributed by atoms with Crippen LogP contribution in [0, 0.1) is 5.92 Å². The first-order valence-corrected chi connectivity index (χ1v) is 7.58. The highest BCUT2D eigenvalue weighted by atomic mass is 15.3. The van der Waals surface area contributed by atoms with Crippen molar-refractivity contribution in [2.24, 2.45) is 5.92 Å². The van der Waals surface area contributed by atoms with Crippen LogP contribution in [0.2, 0.25) is 0 Å². The molecule has 1 N–H and O–H groups in total. The van der Waals surface area contributed by atoms with Crippen molar-refractivity contribution in [1.82, 2.24) is 15.1 Å². The molecule has 102 valence electrons. The van der Waals surface area contributed by atoms with Crippen LogP contribution in [0.5, 0.6) is 0 Å². The van der Waals surface area contributed by atoms with Crippen molar-refractivity contribution in [3.63, 3.8) is 0 Å². The van der Waals surface area contributed by atoms with Crippen LogP contribution < -0.4 is 5.32 Å². The molecule has 1 unspecified atom stereocenters. The zero-order valence-corrected chi connectivity index (χ0v) is 12.1.